The van der Waals surface area contributed by atoms with Crippen molar-refractivity contribution < 1.29 is 28.6 Å². The van der Waals surface area contributed by atoms with Crippen LogP contribution in [0.15, 0.2) is 12.1 Å². The molecule has 8 nitrogen and oxygen atoms in total. The molecule has 1 rings (SSSR count). The number of methoxy groups -OCH3 is 1. The van der Waals surface area contributed by atoms with E-state index in [0.717, 1.165) is 5.56 Å². The van der Waals surface area contributed by atoms with Crippen molar-refractivity contribution >= 4 is 35.3 Å². The summed E-state index contributed by atoms with van der Waals surface area (Å²) in [5.74, 6) is -0.635. The molecule has 0 heterocycles. The van der Waals surface area contributed by atoms with Crippen molar-refractivity contribution in [3.05, 3.63) is 22.7 Å². The zero-order valence-corrected chi connectivity index (χ0v) is 18.4. The highest BCUT2D eigenvalue weighted by Crippen LogP contribution is 2.31. The van der Waals surface area contributed by atoms with E-state index in [1.807, 2.05) is 0 Å². The number of hydrogen-bond acceptors (Lipinski definition) is 6. The van der Waals surface area contributed by atoms with Crippen LogP contribution < -0.4 is 15.4 Å². The number of rotatable bonds is 8. The van der Waals surface area contributed by atoms with Crippen LogP contribution in [-0.2, 0) is 19.1 Å². The molecule has 0 spiro atoms. The number of hydrogen-bond donors (Lipinski definition) is 2. The fourth-order valence-electron chi connectivity index (χ4n) is 2.21. The van der Waals surface area contributed by atoms with Crippen LogP contribution in [0.3, 0.4) is 0 Å². The van der Waals surface area contributed by atoms with Gasteiger partial charge in [-0.15, -0.1) is 0 Å². The number of carbonyl (C=O) groups is 3. The molecular formula is C20H29ClN2O6. The highest BCUT2D eigenvalue weighted by molar-refractivity contribution is 6.31. The number of esters is 1. The van der Waals surface area contributed by atoms with E-state index in [1.54, 1.807) is 39.8 Å². The summed E-state index contributed by atoms with van der Waals surface area (Å²) in [5.41, 5.74) is 0.616. The highest BCUT2D eigenvalue weighted by atomic mass is 35.5. The van der Waals surface area contributed by atoms with E-state index < -0.39 is 29.7 Å². The number of amides is 2. The Bertz CT molecular complexity index is 745. The van der Waals surface area contributed by atoms with Crippen LogP contribution in [0.5, 0.6) is 5.75 Å². The monoisotopic (exact) mass is 428 g/mol. The van der Waals surface area contributed by atoms with Gasteiger partial charge in [0, 0.05) is 24.1 Å². The number of alkyl carbamates (subject to hydrolysis) is 1. The third kappa shape index (κ3) is 9.04. The van der Waals surface area contributed by atoms with E-state index in [4.69, 9.17) is 25.8 Å². The van der Waals surface area contributed by atoms with Gasteiger partial charge in [-0.2, -0.15) is 0 Å². The summed E-state index contributed by atoms with van der Waals surface area (Å²) in [4.78, 5) is 35.8. The molecule has 0 aliphatic heterocycles. The molecule has 0 aromatic heterocycles. The molecule has 1 aromatic carbocycles. The van der Waals surface area contributed by atoms with E-state index in [-0.39, 0.29) is 13.0 Å². The lowest BCUT2D eigenvalue weighted by molar-refractivity contribution is -0.153. The molecule has 1 atom stereocenters. The molecular weight excluding hydrogens is 400 g/mol. The van der Waals surface area contributed by atoms with E-state index in [2.05, 4.69) is 10.6 Å². The van der Waals surface area contributed by atoms with Gasteiger partial charge < -0.3 is 24.8 Å². The normalized spacial score (nSPS) is 12.0. The van der Waals surface area contributed by atoms with Crippen LogP contribution in [0.25, 0.3) is 0 Å². The summed E-state index contributed by atoms with van der Waals surface area (Å²) in [6.45, 7) is 8.81. The first-order chi connectivity index (χ1) is 13.4. The molecule has 2 amide bonds. The van der Waals surface area contributed by atoms with Crippen molar-refractivity contribution in [3.8, 4) is 5.75 Å². The minimum absolute atomic E-state index is 0.0524. The fourth-order valence-corrected chi connectivity index (χ4v) is 2.36. The van der Waals surface area contributed by atoms with Gasteiger partial charge in [0.2, 0.25) is 0 Å². The third-order valence-electron chi connectivity index (χ3n) is 3.64. The van der Waals surface area contributed by atoms with Gasteiger partial charge in [0.25, 0.3) is 5.91 Å². The lowest BCUT2D eigenvalue weighted by atomic mass is 10.2. The Morgan fingerprint density at radius 2 is 1.86 bits per heavy atom. The van der Waals surface area contributed by atoms with Gasteiger partial charge >= 0.3 is 12.1 Å². The maximum Gasteiger partial charge on any atom is 0.407 e. The van der Waals surface area contributed by atoms with Gasteiger partial charge in [-0.1, -0.05) is 11.6 Å². The average molecular weight is 429 g/mol. The minimum atomic E-state index is -0.998. The number of ether oxygens (including phenoxy) is 3. The quantitative estimate of drug-likeness (QED) is 0.481. The number of aryl methyl sites for hydroxylation is 1. The SMILES string of the molecule is COc1cc(Cl)c(C)cc1NC(=O)[C@@H](C)OC(=O)CCCNC(=O)OC(C)(C)C. The smallest absolute Gasteiger partial charge is 0.407 e. The molecule has 0 radical (unpaired) electrons. The second-order valence-corrected chi connectivity index (χ2v) is 7.86. The Kier molecular flexibility index (Phi) is 9.23. The number of anilines is 1. The average Bonchev–Trinajstić information content (AvgIpc) is 2.60. The van der Waals surface area contributed by atoms with Crippen molar-refractivity contribution in [3.63, 3.8) is 0 Å². The Labute approximate surface area is 176 Å². The molecule has 29 heavy (non-hydrogen) atoms. The molecule has 0 saturated carbocycles. The van der Waals surface area contributed by atoms with Gasteiger partial charge in [0.1, 0.15) is 11.4 Å². The van der Waals surface area contributed by atoms with E-state index in [1.165, 1.54) is 14.0 Å². The van der Waals surface area contributed by atoms with E-state index in [0.29, 0.717) is 22.9 Å². The number of benzene rings is 1. The molecule has 0 unspecified atom stereocenters. The lowest BCUT2D eigenvalue weighted by Crippen LogP contribution is -2.33. The van der Waals surface area contributed by atoms with Gasteiger partial charge in [-0.05, 0) is 52.7 Å². The summed E-state index contributed by atoms with van der Waals surface area (Å²) in [6, 6.07) is 3.27. The Morgan fingerprint density at radius 3 is 2.45 bits per heavy atom. The van der Waals surface area contributed by atoms with Crippen LogP contribution in [0.4, 0.5) is 10.5 Å². The topological polar surface area (TPSA) is 103 Å². The fraction of sp³-hybridized carbons (Fsp3) is 0.550. The van der Waals surface area contributed by atoms with Crippen molar-refractivity contribution in [2.45, 2.75) is 59.2 Å². The molecule has 162 valence electrons. The summed E-state index contributed by atoms with van der Waals surface area (Å²) < 4.78 is 15.4. The van der Waals surface area contributed by atoms with Gasteiger partial charge in [-0.3, -0.25) is 9.59 Å². The predicted molar refractivity (Wildman–Crippen MR) is 110 cm³/mol. The molecule has 0 bridgehead atoms. The van der Waals surface area contributed by atoms with E-state index in [9.17, 15) is 14.4 Å². The van der Waals surface area contributed by atoms with Crippen LogP contribution in [-0.4, -0.2) is 43.3 Å². The molecule has 0 fully saturated rings. The standard InChI is InChI=1S/C20H29ClN2O6/c1-12-10-15(16(27-6)11-14(12)21)23-18(25)13(2)28-17(24)8-7-9-22-19(26)29-20(3,4)5/h10-11,13H,7-9H2,1-6H3,(H,22,26)(H,23,25)/t13-/m1/s1. The van der Waals surface area contributed by atoms with Crippen molar-refractivity contribution in [2.24, 2.45) is 0 Å². The van der Waals surface area contributed by atoms with Crippen LogP contribution in [0.1, 0.15) is 46.1 Å². The van der Waals surface area contributed by atoms with Gasteiger partial charge in [-0.25, -0.2) is 4.79 Å². The van der Waals surface area contributed by atoms with E-state index >= 15 is 0 Å². The van der Waals surface area contributed by atoms with Crippen molar-refractivity contribution in [1.29, 1.82) is 0 Å². The first-order valence-corrected chi connectivity index (χ1v) is 9.62. The molecule has 9 heteroatoms. The number of halogens is 1. The number of nitrogens with one attached hydrogen (secondary N) is 2. The van der Waals surface area contributed by atoms with Crippen LogP contribution in [0.2, 0.25) is 5.02 Å². The Balaban J connectivity index is 2.44. The van der Waals surface area contributed by atoms with Gasteiger partial charge in [0.15, 0.2) is 6.10 Å². The zero-order valence-electron chi connectivity index (χ0n) is 17.7. The number of carbonyl (C=O) groups excluding carboxylic acids is 3. The summed E-state index contributed by atoms with van der Waals surface area (Å²) in [7, 11) is 1.46. The Morgan fingerprint density at radius 1 is 1.21 bits per heavy atom. The minimum Gasteiger partial charge on any atom is -0.495 e. The molecule has 0 aliphatic rings. The van der Waals surface area contributed by atoms with Crippen LogP contribution in [0, 0.1) is 6.92 Å². The predicted octanol–water partition coefficient (Wildman–Crippen LogP) is 3.83. The van der Waals surface area contributed by atoms with Crippen LogP contribution >= 0.6 is 11.6 Å². The maximum absolute atomic E-state index is 12.3. The Hall–Kier alpha value is -2.48. The van der Waals surface area contributed by atoms with Gasteiger partial charge in [0.05, 0.1) is 12.8 Å². The van der Waals surface area contributed by atoms with Crippen molar-refractivity contribution in [1.82, 2.24) is 5.32 Å². The highest BCUT2D eigenvalue weighted by Gasteiger charge is 2.20. The second kappa shape index (κ2) is 10.9. The summed E-state index contributed by atoms with van der Waals surface area (Å²) >= 11 is 6.05. The molecule has 2 N–H and O–H groups in total. The molecule has 0 aliphatic carbocycles. The third-order valence-corrected chi connectivity index (χ3v) is 4.05. The maximum atomic E-state index is 12.3. The summed E-state index contributed by atoms with van der Waals surface area (Å²) in [6.07, 6.45) is -1.14. The first-order valence-electron chi connectivity index (χ1n) is 9.24. The first kappa shape index (κ1) is 24.6. The molecule has 0 saturated heterocycles. The zero-order chi connectivity index (χ0) is 22.2. The lowest BCUT2D eigenvalue weighted by Gasteiger charge is -2.19. The second-order valence-electron chi connectivity index (χ2n) is 7.46. The van der Waals surface area contributed by atoms with Crippen molar-refractivity contribution in [2.75, 3.05) is 19.0 Å². The summed E-state index contributed by atoms with van der Waals surface area (Å²) in [5, 5.41) is 5.73. The molecule has 1 aromatic rings. The largest absolute Gasteiger partial charge is 0.495 e.